The summed E-state index contributed by atoms with van der Waals surface area (Å²) < 4.78 is 30.4. The number of hydrogen-bond acceptors (Lipinski definition) is 6. The molecule has 1 N–H and O–H groups in total. The molecule has 0 aromatic heterocycles. The van der Waals surface area contributed by atoms with Gasteiger partial charge in [-0.15, -0.1) is 0 Å². The van der Waals surface area contributed by atoms with Gasteiger partial charge in [-0.3, -0.25) is 0 Å². The molecule has 8 heteroatoms. The second kappa shape index (κ2) is 19.6. The third-order valence-corrected chi connectivity index (χ3v) is 17.4. The number of ether oxygens (including phenoxy) is 3. The van der Waals surface area contributed by atoms with Crippen LogP contribution in [0.4, 0.5) is 0 Å². The minimum atomic E-state index is -4.13. The topological polar surface area (TPSA) is 66.4 Å². The molecule has 0 fully saturated rings. The van der Waals surface area contributed by atoms with E-state index in [2.05, 4.69) is 84.9 Å². The van der Waals surface area contributed by atoms with Gasteiger partial charge in [0.05, 0.1) is 21.3 Å². The van der Waals surface area contributed by atoms with E-state index in [-0.39, 0.29) is 12.0 Å². The molecule has 7 aromatic rings. The van der Waals surface area contributed by atoms with Gasteiger partial charge >= 0.3 is 322 Å². The van der Waals surface area contributed by atoms with Crippen molar-refractivity contribution in [1.29, 1.82) is 0 Å². The van der Waals surface area contributed by atoms with E-state index in [1.54, 1.807) is 21.3 Å². The van der Waals surface area contributed by atoms with Crippen molar-refractivity contribution >= 4 is 35.4 Å². The van der Waals surface area contributed by atoms with Gasteiger partial charge in [-0.1, -0.05) is 0 Å². The zero-order valence-corrected chi connectivity index (χ0v) is 35.6. The van der Waals surface area contributed by atoms with Gasteiger partial charge in [0.1, 0.15) is 0 Å². The Balaban J connectivity index is 1.24. The van der Waals surface area contributed by atoms with E-state index < -0.39 is 14.2 Å². The summed E-state index contributed by atoms with van der Waals surface area (Å²) in [6, 6.07) is 66.4. The molecule has 7 rings (SSSR count). The fourth-order valence-corrected chi connectivity index (χ4v) is 14.5. The molecule has 0 saturated carbocycles. The van der Waals surface area contributed by atoms with Crippen LogP contribution < -0.4 is 35.4 Å². The van der Waals surface area contributed by atoms with Crippen LogP contribution in [-0.4, -0.2) is 40.3 Å². The standard InChI is InChI=1S/C52H54BO6P/c1-55-45-31-25-42(26-32-45)39-52(40-43-27-33-46(56-2)34-28-43,41-44-29-35-47(57-3)36-30-44)37-16-38-58-53(54)59-60(48-17-8-4-9-18-48,49-19-10-5-11-20-49,50-21-12-6-13-22-50)51-23-14-7-15-24-51/h4-15,17-36,54H,16,37-41H2,1-3H3. The molecule has 0 radical (unpaired) electrons. The van der Waals surface area contributed by atoms with Gasteiger partial charge in [-0.2, -0.15) is 0 Å². The van der Waals surface area contributed by atoms with Gasteiger partial charge in [-0.05, 0) is 0 Å². The molecule has 0 atom stereocenters. The monoisotopic (exact) mass is 816 g/mol. The molecule has 0 heterocycles. The second-order valence-corrected chi connectivity index (χ2v) is 19.7. The van der Waals surface area contributed by atoms with Crippen molar-refractivity contribution in [2.24, 2.45) is 5.41 Å². The minimum absolute atomic E-state index is 0.228. The zero-order chi connectivity index (χ0) is 41.7. The van der Waals surface area contributed by atoms with Crippen molar-refractivity contribution < 1.29 is 28.3 Å². The van der Waals surface area contributed by atoms with Crippen molar-refractivity contribution in [2.45, 2.75) is 32.1 Å². The summed E-state index contributed by atoms with van der Waals surface area (Å²) >= 11 is 0. The van der Waals surface area contributed by atoms with Crippen molar-refractivity contribution in [3.05, 3.63) is 211 Å². The molecule has 0 aliphatic carbocycles. The van der Waals surface area contributed by atoms with Crippen LogP contribution in [0.5, 0.6) is 17.2 Å². The maximum absolute atomic E-state index is 12.2. The number of hydrogen-bond donors (Lipinski definition) is 1. The van der Waals surface area contributed by atoms with Gasteiger partial charge in [0.25, 0.3) is 0 Å². The average molecular weight is 817 g/mol. The molecule has 7 aromatic carbocycles. The summed E-state index contributed by atoms with van der Waals surface area (Å²) in [7, 11) is 3.53. The van der Waals surface area contributed by atoms with Crippen molar-refractivity contribution in [3.63, 3.8) is 0 Å². The molecule has 60 heavy (non-hydrogen) atoms. The Morgan fingerprint density at radius 2 is 0.733 bits per heavy atom. The first-order valence-electron chi connectivity index (χ1n) is 20.5. The van der Waals surface area contributed by atoms with Crippen LogP contribution in [0.25, 0.3) is 0 Å². The van der Waals surface area contributed by atoms with Gasteiger partial charge in [0.2, 0.25) is 0 Å². The van der Waals surface area contributed by atoms with Crippen LogP contribution in [-0.2, 0) is 28.4 Å². The Morgan fingerprint density at radius 1 is 0.433 bits per heavy atom. The summed E-state index contributed by atoms with van der Waals surface area (Å²) in [4.78, 5) is 0. The number of rotatable bonds is 20. The van der Waals surface area contributed by atoms with Crippen LogP contribution in [0.2, 0.25) is 0 Å². The predicted octanol–water partition coefficient (Wildman–Crippen LogP) is 9.29. The molecule has 0 amide bonds. The summed E-state index contributed by atoms with van der Waals surface area (Å²) in [5.41, 5.74) is 3.43. The van der Waals surface area contributed by atoms with Crippen molar-refractivity contribution in [2.75, 3.05) is 27.9 Å². The summed E-state index contributed by atoms with van der Waals surface area (Å²) in [5, 5.41) is 16.1. The third-order valence-electron chi connectivity index (χ3n) is 11.6. The van der Waals surface area contributed by atoms with Crippen LogP contribution in [0, 0.1) is 5.41 Å². The predicted molar refractivity (Wildman–Crippen MR) is 248 cm³/mol. The van der Waals surface area contributed by atoms with Crippen LogP contribution >= 0.6 is 6.83 Å². The van der Waals surface area contributed by atoms with Crippen LogP contribution in [0.3, 0.4) is 0 Å². The SMILES string of the molecule is COc1ccc(CC(CCCOB(O)OP(c2ccccc2)(c2ccccc2)(c2ccccc2)c2ccccc2)(Cc2ccc(OC)cc2)Cc2ccc(OC)cc2)cc1. The van der Waals surface area contributed by atoms with Gasteiger partial charge in [0, 0.05) is 0 Å². The molecule has 0 unspecified atom stereocenters. The van der Waals surface area contributed by atoms with E-state index in [1.807, 2.05) is 109 Å². The summed E-state index contributed by atoms with van der Waals surface area (Å²) in [6.07, 6.45) is 3.92. The molecular weight excluding hydrogens is 762 g/mol. The van der Waals surface area contributed by atoms with Gasteiger partial charge < -0.3 is 14.2 Å². The summed E-state index contributed by atoms with van der Waals surface area (Å²) in [6.45, 7) is -3.86. The van der Waals surface area contributed by atoms with Crippen molar-refractivity contribution in [3.8, 4) is 17.2 Å². The Kier molecular flexibility index (Phi) is 13.9. The Hall–Kier alpha value is -5.69. The van der Waals surface area contributed by atoms with E-state index in [0.29, 0.717) is 6.42 Å². The van der Waals surface area contributed by atoms with E-state index in [1.165, 1.54) is 16.7 Å². The molecule has 306 valence electrons. The number of benzene rings is 7. The van der Waals surface area contributed by atoms with E-state index in [4.69, 9.17) is 23.3 Å². The fourth-order valence-electron chi connectivity index (χ4n) is 8.81. The quantitative estimate of drug-likeness (QED) is 0.0471. The zero-order valence-electron chi connectivity index (χ0n) is 34.7. The molecule has 0 spiro atoms. The first-order valence-corrected chi connectivity index (χ1v) is 22.7. The summed E-state index contributed by atoms with van der Waals surface area (Å²) in [5.74, 6) is 2.48. The van der Waals surface area contributed by atoms with Crippen molar-refractivity contribution in [1.82, 2.24) is 0 Å². The Bertz CT molecular complexity index is 2060. The fraction of sp³-hybridized carbons (Fsp3) is 0.192. The van der Waals surface area contributed by atoms with E-state index >= 15 is 0 Å². The molecule has 0 saturated heterocycles. The third kappa shape index (κ3) is 9.06. The molecule has 0 aliphatic heterocycles. The Labute approximate surface area is 355 Å². The Morgan fingerprint density at radius 3 is 1.02 bits per heavy atom. The van der Waals surface area contributed by atoms with E-state index in [0.717, 1.165) is 64.1 Å². The van der Waals surface area contributed by atoms with Crippen LogP contribution in [0.1, 0.15) is 29.5 Å². The average Bonchev–Trinajstić information content (AvgIpc) is 3.31. The first kappa shape index (κ1) is 42.4. The molecule has 6 nitrogen and oxygen atoms in total. The van der Waals surface area contributed by atoms with Gasteiger partial charge in [0.15, 0.2) is 0 Å². The molecule has 0 aliphatic rings. The molecule has 0 bridgehead atoms. The van der Waals surface area contributed by atoms with E-state index in [9.17, 15) is 5.02 Å². The normalized spacial score (nSPS) is 12.2. The maximum atomic E-state index is 12.2. The first-order chi connectivity index (χ1) is 29.4. The van der Waals surface area contributed by atoms with Gasteiger partial charge in [-0.25, -0.2) is 0 Å². The molecular formula is C52H54BO6P. The second-order valence-electron chi connectivity index (χ2n) is 15.3. The van der Waals surface area contributed by atoms with Crippen LogP contribution in [0.15, 0.2) is 194 Å². The number of methoxy groups -OCH3 is 3.